The predicted octanol–water partition coefficient (Wildman–Crippen LogP) is 2.91. The summed E-state index contributed by atoms with van der Waals surface area (Å²) in [4.78, 5) is 24.0. The van der Waals surface area contributed by atoms with Gasteiger partial charge in [0.05, 0.1) is 11.9 Å². The van der Waals surface area contributed by atoms with Crippen LogP contribution in [-0.4, -0.2) is 32.9 Å². The van der Waals surface area contributed by atoms with Gasteiger partial charge in [0, 0.05) is 11.3 Å². The van der Waals surface area contributed by atoms with Gasteiger partial charge in [-0.15, -0.1) is 0 Å². The SMILES string of the molecule is CC(=O)c1cccc(N(CC(=O)Nc2cc(C)ccc2C)S(C)(=O)=O)c1. The molecule has 0 atom stereocenters. The molecule has 0 saturated heterocycles. The molecule has 2 aromatic carbocycles. The number of nitrogens with zero attached hydrogens (tertiary/aromatic N) is 1. The van der Waals surface area contributed by atoms with Crippen LogP contribution in [0.4, 0.5) is 11.4 Å². The van der Waals surface area contributed by atoms with E-state index < -0.39 is 15.9 Å². The molecule has 1 N–H and O–H groups in total. The van der Waals surface area contributed by atoms with Gasteiger partial charge in [-0.3, -0.25) is 13.9 Å². The van der Waals surface area contributed by atoms with Crippen molar-refractivity contribution in [3.8, 4) is 0 Å². The van der Waals surface area contributed by atoms with Crippen LogP contribution < -0.4 is 9.62 Å². The van der Waals surface area contributed by atoms with Crippen molar-refractivity contribution >= 4 is 33.1 Å². The normalized spacial score (nSPS) is 11.1. The highest BCUT2D eigenvalue weighted by atomic mass is 32.2. The number of ketones is 1. The van der Waals surface area contributed by atoms with Crippen molar-refractivity contribution in [1.82, 2.24) is 0 Å². The fraction of sp³-hybridized carbons (Fsp3) is 0.263. The van der Waals surface area contributed by atoms with Gasteiger partial charge in [-0.05, 0) is 50.1 Å². The second-order valence-corrected chi connectivity index (χ2v) is 8.15. The average Bonchev–Trinajstić information content (AvgIpc) is 2.55. The molecule has 0 aromatic heterocycles. The van der Waals surface area contributed by atoms with E-state index in [9.17, 15) is 18.0 Å². The molecule has 0 saturated carbocycles. The molecule has 0 heterocycles. The van der Waals surface area contributed by atoms with Crippen LogP contribution in [0.15, 0.2) is 42.5 Å². The Labute approximate surface area is 153 Å². The van der Waals surface area contributed by atoms with E-state index in [1.54, 1.807) is 18.2 Å². The molecular weight excluding hydrogens is 352 g/mol. The minimum Gasteiger partial charge on any atom is -0.324 e. The Morgan fingerprint density at radius 3 is 2.38 bits per heavy atom. The number of benzene rings is 2. The Balaban J connectivity index is 2.29. The lowest BCUT2D eigenvalue weighted by Gasteiger charge is -2.22. The predicted molar refractivity (Wildman–Crippen MR) is 103 cm³/mol. The van der Waals surface area contributed by atoms with E-state index in [1.165, 1.54) is 13.0 Å². The van der Waals surface area contributed by atoms with Crippen molar-refractivity contribution < 1.29 is 18.0 Å². The van der Waals surface area contributed by atoms with Gasteiger partial charge in [-0.2, -0.15) is 0 Å². The summed E-state index contributed by atoms with van der Waals surface area (Å²) in [5, 5.41) is 2.75. The zero-order valence-electron chi connectivity index (χ0n) is 15.2. The molecule has 0 bridgehead atoms. The molecule has 6 nitrogen and oxygen atoms in total. The molecule has 2 aromatic rings. The van der Waals surface area contributed by atoms with Crippen molar-refractivity contribution in [2.24, 2.45) is 0 Å². The third kappa shape index (κ3) is 4.92. The molecule has 0 fully saturated rings. The molecule has 0 aliphatic heterocycles. The van der Waals surface area contributed by atoms with E-state index in [-0.39, 0.29) is 18.0 Å². The summed E-state index contributed by atoms with van der Waals surface area (Å²) in [5.74, 6) is -0.641. The summed E-state index contributed by atoms with van der Waals surface area (Å²) in [6.45, 7) is 4.79. The number of hydrogen-bond acceptors (Lipinski definition) is 4. The second-order valence-electron chi connectivity index (χ2n) is 6.24. The molecule has 0 aliphatic carbocycles. The van der Waals surface area contributed by atoms with Crippen molar-refractivity contribution in [2.45, 2.75) is 20.8 Å². The van der Waals surface area contributed by atoms with Gasteiger partial charge < -0.3 is 5.32 Å². The van der Waals surface area contributed by atoms with Crippen LogP contribution in [0.3, 0.4) is 0 Å². The van der Waals surface area contributed by atoms with Crippen LogP contribution in [0.25, 0.3) is 0 Å². The van der Waals surface area contributed by atoms with Crippen molar-refractivity contribution in [2.75, 3.05) is 22.4 Å². The van der Waals surface area contributed by atoms with Crippen LogP contribution in [-0.2, 0) is 14.8 Å². The standard InChI is InChI=1S/C19H22N2O4S/c1-13-8-9-14(2)18(10-13)20-19(23)12-21(26(4,24)25)17-7-5-6-16(11-17)15(3)22/h5-11H,12H2,1-4H3,(H,20,23). The van der Waals surface area contributed by atoms with Crippen molar-refractivity contribution in [1.29, 1.82) is 0 Å². The van der Waals surface area contributed by atoms with Gasteiger partial charge in [-0.25, -0.2) is 8.42 Å². The van der Waals surface area contributed by atoms with Gasteiger partial charge in [0.25, 0.3) is 0 Å². The van der Waals surface area contributed by atoms with E-state index in [0.29, 0.717) is 11.3 Å². The fourth-order valence-corrected chi connectivity index (χ4v) is 3.32. The van der Waals surface area contributed by atoms with Crippen LogP contribution in [0.5, 0.6) is 0 Å². The molecule has 0 radical (unpaired) electrons. The zero-order chi connectivity index (χ0) is 19.5. The smallest absolute Gasteiger partial charge is 0.245 e. The van der Waals surface area contributed by atoms with Gasteiger partial charge in [-0.1, -0.05) is 24.3 Å². The molecule has 7 heteroatoms. The summed E-state index contributed by atoms with van der Waals surface area (Å²) in [6, 6.07) is 11.9. The number of amides is 1. The molecular formula is C19H22N2O4S. The molecule has 2 rings (SSSR count). The zero-order valence-corrected chi connectivity index (χ0v) is 16.1. The third-order valence-electron chi connectivity index (χ3n) is 3.90. The van der Waals surface area contributed by atoms with E-state index in [2.05, 4.69) is 5.32 Å². The van der Waals surface area contributed by atoms with Crippen molar-refractivity contribution in [3.63, 3.8) is 0 Å². The Kier molecular flexibility index (Phi) is 5.82. The maximum absolute atomic E-state index is 12.4. The van der Waals surface area contributed by atoms with Crippen molar-refractivity contribution in [3.05, 3.63) is 59.2 Å². The van der Waals surface area contributed by atoms with E-state index in [0.717, 1.165) is 21.7 Å². The number of sulfonamides is 1. The summed E-state index contributed by atoms with van der Waals surface area (Å²) < 4.78 is 25.4. The van der Waals surface area contributed by atoms with Gasteiger partial charge in [0.2, 0.25) is 15.9 Å². The monoisotopic (exact) mass is 374 g/mol. The lowest BCUT2D eigenvalue weighted by molar-refractivity contribution is -0.114. The van der Waals surface area contributed by atoms with E-state index in [4.69, 9.17) is 0 Å². The first-order valence-electron chi connectivity index (χ1n) is 8.04. The molecule has 138 valence electrons. The van der Waals surface area contributed by atoms with Gasteiger partial charge in [0.1, 0.15) is 6.54 Å². The highest BCUT2D eigenvalue weighted by Gasteiger charge is 2.21. The number of anilines is 2. The number of hydrogen-bond donors (Lipinski definition) is 1. The maximum atomic E-state index is 12.4. The van der Waals surface area contributed by atoms with Gasteiger partial charge in [0.15, 0.2) is 5.78 Å². The number of rotatable bonds is 6. The molecule has 0 aliphatic rings. The van der Waals surface area contributed by atoms with Crippen LogP contribution in [0.1, 0.15) is 28.4 Å². The maximum Gasteiger partial charge on any atom is 0.245 e. The summed E-state index contributed by atoms with van der Waals surface area (Å²) in [5.41, 5.74) is 3.16. The lowest BCUT2D eigenvalue weighted by atomic mass is 10.1. The van der Waals surface area contributed by atoms with Crippen LogP contribution in [0, 0.1) is 13.8 Å². The van der Waals surface area contributed by atoms with Crippen LogP contribution >= 0.6 is 0 Å². The van der Waals surface area contributed by atoms with E-state index >= 15 is 0 Å². The minimum absolute atomic E-state index is 0.180. The molecule has 1 amide bonds. The van der Waals surface area contributed by atoms with E-state index in [1.807, 2.05) is 32.0 Å². The quantitative estimate of drug-likeness (QED) is 0.788. The highest BCUT2D eigenvalue weighted by Crippen LogP contribution is 2.21. The number of Topliss-reactive ketones (excluding diaryl/α,β-unsaturated/α-hetero) is 1. The number of aryl methyl sites for hydroxylation is 2. The first-order valence-corrected chi connectivity index (χ1v) is 9.88. The fourth-order valence-electron chi connectivity index (χ4n) is 2.47. The molecule has 0 unspecified atom stereocenters. The first kappa shape index (κ1) is 19.7. The largest absolute Gasteiger partial charge is 0.324 e. The third-order valence-corrected chi connectivity index (χ3v) is 5.04. The molecule has 0 spiro atoms. The van der Waals surface area contributed by atoms with Gasteiger partial charge >= 0.3 is 0 Å². The summed E-state index contributed by atoms with van der Waals surface area (Å²) >= 11 is 0. The summed E-state index contributed by atoms with van der Waals surface area (Å²) in [6.07, 6.45) is 1.03. The minimum atomic E-state index is -3.70. The Bertz CT molecular complexity index is 952. The summed E-state index contributed by atoms with van der Waals surface area (Å²) in [7, 11) is -3.70. The number of carbonyl (C=O) groups is 2. The average molecular weight is 374 g/mol. The second kappa shape index (κ2) is 7.70. The Morgan fingerprint density at radius 1 is 1.08 bits per heavy atom. The Morgan fingerprint density at radius 2 is 1.77 bits per heavy atom. The first-order chi connectivity index (χ1) is 12.1. The number of nitrogens with one attached hydrogen (secondary N) is 1. The molecule has 26 heavy (non-hydrogen) atoms. The lowest BCUT2D eigenvalue weighted by Crippen LogP contribution is -2.37. The topological polar surface area (TPSA) is 83.6 Å². The Hall–Kier alpha value is -2.67. The number of carbonyl (C=O) groups excluding carboxylic acids is 2. The highest BCUT2D eigenvalue weighted by molar-refractivity contribution is 7.92. The van der Waals surface area contributed by atoms with Crippen LogP contribution in [0.2, 0.25) is 0 Å².